The number of ketones is 1. The molecule has 0 unspecified atom stereocenters. The van der Waals surface area contributed by atoms with Crippen molar-refractivity contribution in [3.8, 4) is 5.75 Å². The minimum absolute atomic E-state index is 0.0204. The summed E-state index contributed by atoms with van der Waals surface area (Å²) < 4.78 is 0. The second-order valence-corrected chi connectivity index (χ2v) is 4.12. The zero-order valence-corrected chi connectivity index (χ0v) is 10.5. The molecule has 2 aromatic rings. The highest BCUT2D eigenvalue weighted by Crippen LogP contribution is 2.15. The quantitative estimate of drug-likeness (QED) is 0.609. The minimum Gasteiger partial charge on any atom is -0.407 e. The van der Waals surface area contributed by atoms with Crippen LogP contribution in [-0.2, 0) is 0 Å². The van der Waals surface area contributed by atoms with Crippen LogP contribution in [0.1, 0.15) is 15.9 Å². The Labute approximate surface area is 107 Å². The van der Waals surface area contributed by atoms with Gasteiger partial charge in [-0.05, 0) is 24.3 Å². The molecule has 0 bridgehead atoms. The predicted molar refractivity (Wildman–Crippen MR) is 70.6 cm³/mol. The maximum absolute atomic E-state index is 12.1. The van der Waals surface area contributed by atoms with Gasteiger partial charge in [-0.1, -0.05) is 30.3 Å². The van der Waals surface area contributed by atoms with Crippen molar-refractivity contribution >= 4 is 5.78 Å². The van der Waals surface area contributed by atoms with Gasteiger partial charge in [0.05, 0.1) is 0 Å². The SMILES string of the molecule is CN(C)Oc1ccc(C(=O)c2ccccc2)cc1. The molecule has 0 N–H and O–H groups in total. The molecule has 3 heteroatoms. The normalized spacial score (nSPS) is 10.4. The standard InChI is InChI=1S/C15H15NO2/c1-16(2)18-14-10-8-13(9-11-14)15(17)12-6-4-3-5-7-12/h3-11H,1-2H3. The first-order valence-electron chi connectivity index (χ1n) is 5.72. The summed E-state index contributed by atoms with van der Waals surface area (Å²) in [6.45, 7) is 0. The van der Waals surface area contributed by atoms with Crippen molar-refractivity contribution in [1.29, 1.82) is 0 Å². The Balaban J connectivity index is 2.17. The van der Waals surface area contributed by atoms with Crippen LogP contribution in [0.5, 0.6) is 5.75 Å². The molecule has 0 heterocycles. The van der Waals surface area contributed by atoms with Gasteiger partial charge in [-0.15, -0.1) is 0 Å². The smallest absolute Gasteiger partial charge is 0.193 e. The average Bonchev–Trinajstić information content (AvgIpc) is 2.39. The molecule has 0 saturated carbocycles. The summed E-state index contributed by atoms with van der Waals surface area (Å²) in [5, 5.41) is 1.61. The fraction of sp³-hybridized carbons (Fsp3) is 0.133. The van der Waals surface area contributed by atoms with Gasteiger partial charge in [-0.3, -0.25) is 4.79 Å². The molecule has 0 aliphatic carbocycles. The van der Waals surface area contributed by atoms with Crippen molar-refractivity contribution in [2.75, 3.05) is 14.1 Å². The Morgan fingerprint density at radius 1 is 0.889 bits per heavy atom. The molecular weight excluding hydrogens is 226 g/mol. The van der Waals surface area contributed by atoms with Crippen LogP contribution >= 0.6 is 0 Å². The van der Waals surface area contributed by atoms with E-state index in [1.807, 2.05) is 44.4 Å². The Hall–Kier alpha value is -2.13. The molecule has 0 saturated heterocycles. The molecule has 2 aromatic carbocycles. The van der Waals surface area contributed by atoms with Crippen molar-refractivity contribution < 1.29 is 9.63 Å². The summed E-state index contributed by atoms with van der Waals surface area (Å²) in [5.41, 5.74) is 1.35. The number of hydroxylamine groups is 2. The van der Waals surface area contributed by atoms with Crippen LogP contribution in [-0.4, -0.2) is 24.9 Å². The Morgan fingerprint density at radius 3 is 2.00 bits per heavy atom. The summed E-state index contributed by atoms with van der Waals surface area (Å²) in [7, 11) is 3.62. The van der Waals surface area contributed by atoms with Crippen molar-refractivity contribution in [3.63, 3.8) is 0 Å². The van der Waals surface area contributed by atoms with E-state index in [-0.39, 0.29) is 5.78 Å². The first kappa shape index (κ1) is 12.3. The van der Waals surface area contributed by atoms with Gasteiger partial charge in [0.25, 0.3) is 0 Å². The fourth-order valence-electron chi connectivity index (χ4n) is 1.63. The van der Waals surface area contributed by atoms with Crippen molar-refractivity contribution in [3.05, 3.63) is 65.7 Å². The van der Waals surface area contributed by atoms with Gasteiger partial charge >= 0.3 is 0 Å². The largest absolute Gasteiger partial charge is 0.407 e. The van der Waals surface area contributed by atoms with E-state index >= 15 is 0 Å². The van der Waals surface area contributed by atoms with E-state index in [1.54, 1.807) is 29.3 Å². The molecule has 0 fully saturated rings. The average molecular weight is 241 g/mol. The molecule has 0 aliphatic heterocycles. The molecule has 3 nitrogen and oxygen atoms in total. The van der Waals surface area contributed by atoms with Gasteiger partial charge < -0.3 is 4.84 Å². The summed E-state index contributed by atoms with van der Waals surface area (Å²) in [5.74, 6) is 0.733. The van der Waals surface area contributed by atoms with Crippen molar-refractivity contribution in [1.82, 2.24) is 5.06 Å². The van der Waals surface area contributed by atoms with E-state index in [1.165, 1.54) is 0 Å². The van der Waals surface area contributed by atoms with Crippen LogP contribution < -0.4 is 4.84 Å². The van der Waals surface area contributed by atoms with E-state index in [2.05, 4.69) is 0 Å². The van der Waals surface area contributed by atoms with Crippen LogP contribution in [0.25, 0.3) is 0 Å². The van der Waals surface area contributed by atoms with Crippen LogP contribution in [0.15, 0.2) is 54.6 Å². The molecule has 0 radical (unpaired) electrons. The first-order valence-corrected chi connectivity index (χ1v) is 5.72. The number of hydrogen-bond donors (Lipinski definition) is 0. The van der Waals surface area contributed by atoms with Crippen LogP contribution in [0, 0.1) is 0 Å². The summed E-state index contributed by atoms with van der Waals surface area (Å²) in [6.07, 6.45) is 0. The number of benzene rings is 2. The second kappa shape index (κ2) is 5.47. The Kier molecular flexibility index (Phi) is 3.75. The van der Waals surface area contributed by atoms with Crippen LogP contribution in [0.3, 0.4) is 0 Å². The van der Waals surface area contributed by atoms with Crippen molar-refractivity contribution in [2.24, 2.45) is 0 Å². The summed E-state index contributed by atoms with van der Waals surface area (Å²) in [6, 6.07) is 16.4. The lowest BCUT2D eigenvalue weighted by molar-refractivity contribution is -0.00326. The number of hydrogen-bond acceptors (Lipinski definition) is 3. The fourth-order valence-corrected chi connectivity index (χ4v) is 1.63. The maximum atomic E-state index is 12.1. The van der Waals surface area contributed by atoms with Gasteiger partial charge in [-0.2, -0.15) is 5.06 Å². The summed E-state index contributed by atoms with van der Waals surface area (Å²) in [4.78, 5) is 17.5. The molecule has 0 aliphatic rings. The summed E-state index contributed by atoms with van der Waals surface area (Å²) >= 11 is 0. The lowest BCUT2D eigenvalue weighted by atomic mass is 10.0. The Morgan fingerprint density at radius 2 is 1.44 bits per heavy atom. The first-order chi connectivity index (χ1) is 8.66. The van der Waals surface area contributed by atoms with Gasteiger partial charge in [0.2, 0.25) is 0 Å². The topological polar surface area (TPSA) is 29.5 Å². The van der Waals surface area contributed by atoms with Crippen LogP contribution in [0.4, 0.5) is 0 Å². The number of carbonyl (C=O) groups is 1. The zero-order chi connectivity index (χ0) is 13.0. The van der Waals surface area contributed by atoms with Crippen molar-refractivity contribution in [2.45, 2.75) is 0 Å². The zero-order valence-electron chi connectivity index (χ0n) is 10.5. The third kappa shape index (κ3) is 2.96. The molecule has 0 amide bonds. The molecule has 18 heavy (non-hydrogen) atoms. The lowest BCUT2D eigenvalue weighted by Crippen LogP contribution is -2.16. The highest BCUT2D eigenvalue weighted by atomic mass is 16.7. The van der Waals surface area contributed by atoms with E-state index in [4.69, 9.17) is 4.84 Å². The number of carbonyl (C=O) groups excluding carboxylic acids is 1. The predicted octanol–water partition coefficient (Wildman–Crippen LogP) is 2.77. The number of nitrogens with zero attached hydrogens (tertiary/aromatic N) is 1. The third-order valence-electron chi connectivity index (χ3n) is 2.44. The monoisotopic (exact) mass is 241 g/mol. The van der Waals surface area contributed by atoms with Crippen LogP contribution in [0.2, 0.25) is 0 Å². The molecule has 92 valence electrons. The van der Waals surface area contributed by atoms with Gasteiger partial charge in [0.1, 0.15) is 5.75 Å². The van der Waals surface area contributed by atoms with Gasteiger partial charge in [-0.25, -0.2) is 0 Å². The van der Waals surface area contributed by atoms with Gasteiger partial charge in [0.15, 0.2) is 5.78 Å². The molecule has 2 rings (SSSR count). The van der Waals surface area contributed by atoms with E-state index in [9.17, 15) is 4.79 Å². The highest BCUT2D eigenvalue weighted by Gasteiger charge is 2.08. The maximum Gasteiger partial charge on any atom is 0.193 e. The van der Waals surface area contributed by atoms with Gasteiger partial charge in [0, 0.05) is 25.2 Å². The van der Waals surface area contributed by atoms with E-state index in [0.717, 1.165) is 0 Å². The van der Waals surface area contributed by atoms with E-state index < -0.39 is 0 Å². The number of rotatable bonds is 4. The second-order valence-electron chi connectivity index (χ2n) is 4.12. The van der Waals surface area contributed by atoms with E-state index in [0.29, 0.717) is 16.9 Å². The molecular formula is C15H15NO2. The Bertz CT molecular complexity index is 518. The lowest BCUT2D eigenvalue weighted by Gasteiger charge is -2.11. The molecule has 0 spiro atoms. The highest BCUT2D eigenvalue weighted by molar-refractivity contribution is 6.08. The molecule has 0 aromatic heterocycles. The molecule has 0 atom stereocenters. The third-order valence-corrected chi connectivity index (χ3v) is 2.44. The minimum atomic E-state index is 0.0204.